The van der Waals surface area contributed by atoms with Crippen LogP contribution in [-0.4, -0.2) is 38.2 Å². The Kier molecular flexibility index (Phi) is 4.45. The van der Waals surface area contributed by atoms with E-state index in [9.17, 15) is 8.78 Å². The number of halogens is 2. The van der Waals surface area contributed by atoms with Gasteiger partial charge in [-0.25, -0.2) is 8.78 Å². The van der Waals surface area contributed by atoms with Crippen LogP contribution in [0.2, 0.25) is 0 Å². The first kappa shape index (κ1) is 15.1. The maximum Gasteiger partial charge on any atom is 0.191 e. The number of nitrogens with zero attached hydrogens (tertiary/aromatic N) is 2. The van der Waals surface area contributed by atoms with Crippen LogP contribution in [0.15, 0.2) is 23.2 Å². The van der Waals surface area contributed by atoms with Gasteiger partial charge in [-0.05, 0) is 37.8 Å². The predicted octanol–water partition coefficient (Wildman–Crippen LogP) is 2.26. The lowest BCUT2D eigenvalue weighted by atomic mass is 9.93. The summed E-state index contributed by atoms with van der Waals surface area (Å²) in [6.07, 6.45) is 4.45. The lowest BCUT2D eigenvalue weighted by Gasteiger charge is -2.29. The molecule has 1 aliphatic heterocycles. The van der Waals surface area contributed by atoms with Crippen LogP contribution in [0, 0.1) is 11.6 Å². The maximum absolute atomic E-state index is 13.8. The van der Waals surface area contributed by atoms with E-state index >= 15 is 0 Å². The lowest BCUT2D eigenvalue weighted by molar-refractivity contribution is 0.378. The summed E-state index contributed by atoms with van der Waals surface area (Å²) < 4.78 is 27.7. The Labute approximate surface area is 129 Å². The number of benzene rings is 1. The molecule has 2 aliphatic rings. The van der Waals surface area contributed by atoms with Crippen molar-refractivity contribution in [3.63, 3.8) is 0 Å². The van der Waals surface area contributed by atoms with Crippen molar-refractivity contribution in [3.8, 4) is 0 Å². The first-order chi connectivity index (χ1) is 10.7. The van der Waals surface area contributed by atoms with Crippen molar-refractivity contribution in [3.05, 3.63) is 29.8 Å². The van der Waals surface area contributed by atoms with Crippen molar-refractivity contribution < 1.29 is 8.78 Å². The van der Waals surface area contributed by atoms with E-state index < -0.39 is 11.6 Å². The van der Waals surface area contributed by atoms with Gasteiger partial charge in [-0.1, -0.05) is 6.07 Å². The molecule has 120 valence electrons. The largest absolute Gasteiger partial charge is 0.365 e. The zero-order valence-electron chi connectivity index (χ0n) is 12.8. The Balaban J connectivity index is 1.59. The van der Waals surface area contributed by atoms with Crippen LogP contribution in [0.3, 0.4) is 0 Å². The SMILES string of the molecule is CN=C(NC1CCC1)NC1CCN(c2c(F)cccc2F)C1. The second-order valence-corrected chi connectivity index (χ2v) is 5.99. The quantitative estimate of drug-likeness (QED) is 0.665. The van der Waals surface area contributed by atoms with E-state index in [-0.39, 0.29) is 11.7 Å². The van der Waals surface area contributed by atoms with Gasteiger partial charge in [0, 0.05) is 32.2 Å². The van der Waals surface area contributed by atoms with Crippen LogP contribution < -0.4 is 15.5 Å². The fourth-order valence-corrected chi connectivity index (χ4v) is 2.98. The van der Waals surface area contributed by atoms with Crippen molar-refractivity contribution in [2.45, 2.75) is 37.8 Å². The van der Waals surface area contributed by atoms with E-state index in [2.05, 4.69) is 15.6 Å². The second kappa shape index (κ2) is 6.50. The van der Waals surface area contributed by atoms with Crippen LogP contribution in [0.1, 0.15) is 25.7 Å². The molecule has 1 aromatic rings. The van der Waals surface area contributed by atoms with Crippen LogP contribution in [0.5, 0.6) is 0 Å². The van der Waals surface area contributed by atoms with Crippen molar-refractivity contribution in [2.75, 3.05) is 25.0 Å². The number of nitrogens with one attached hydrogen (secondary N) is 2. The minimum absolute atomic E-state index is 0.0775. The Morgan fingerprint density at radius 3 is 2.41 bits per heavy atom. The molecule has 3 rings (SSSR count). The summed E-state index contributed by atoms with van der Waals surface area (Å²) in [7, 11) is 1.75. The van der Waals surface area contributed by atoms with Crippen molar-refractivity contribution in [2.24, 2.45) is 4.99 Å². The summed E-state index contributed by atoms with van der Waals surface area (Å²) >= 11 is 0. The number of hydrogen-bond donors (Lipinski definition) is 2. The number of hydrogen-bond acceptors (Lipinski definition) is 2. The van der Waals surface area contributed by atoms with Crippen LogP contribution in [0.25, 0.3) is 0 Å². The monoisotopic (exact) mass is 308 g/mol. The number of para-hydroxylation sites is 1. The van der Waals surface area contributed by atoms with Gasteiger partial charge in [0.2, 0.25) is 0 Å². The van der Waals surface area contributed by atoms with Gasteiger partial charge in [-0.3, -0.25) is 4.99 Å². The molecule has 2 N–H and O–H groups in total. The number of aliphatic imine (C=N–C) groups is 1. The zero-order chi connectivity index (χ0) is 15.5. The minimum atomic E-state index is -0.502. The van der Waals surface area contributed by atoms with Gasteiger partial charge in [0.1, 0.15) is 17.3 Å². The molecule has 0 spiro atoms. The van der Waals surface area contributed by atoms with Gasteiger partial charge in [-0.15, -0.1) is 0 Å². The fourth-order valence-electron chi connectivity index (χ4n) is 2.98. The summed E-state index contributed by atoms with van der Waals surface area (Å²) in [5.41, 5.74) is 0.0775. The first-order valence-electron chi connectivity index (χ1n) is 7.86. The summed E-state index contributed by atoms with van der Waals surface area (Å²) in [6.45, 7) is 1.21. The van der Waals surface area contributed by atoms with E-state index in [0.717, 1.165) is 12.4 Å². The number of guanidine groups is 1. The smallest absolute Gasteiger partial charge is 0.191 e. The molecule has 0 radical (unpaired) electrons. The summed E-state index contributed by atoms with van der Waals surface area (Å²) in [5, 5.41) is 6.74. The van der Waals surface area contributed by atoms with E-state index in [0.29, 0.717) is 19.1 Å². The molecule has 2 fully saturated rings. The third-order valence-electron chi connectivity index (χ3n) is 4.45. The highest BCUT2D eigenvalue weighted by molar-refractivity contribution is 5.80. The van der Waals surface area contributed by atoms with E-state index in [1.807, 2.05) is 0 Å². The molecule has 1 saturated heterocycles. The first-order valence-corrected chi connectivity index (χ1v) is 7.86. The standard InChI is InChI=1S/C16H22F2N4/c1-19-16(20-11-4-2-5-11)21-12-8-9-22(10-12)15-13(17)6-3-7-14(15)18/h3,6-7,11-12H,2,4-5,8-10H2,1H3,(H2,19,20,21). The zero-order valence-corrected chi connectivity index (χ0v) is 12.8. The van der Waals surface area contributed by atoms with Gasteiger partial charge < -0.3 is 15.5 Å². The Hall–Kier alpha value is -1.85. The van der Waals surface area contributed by atoms with Crippen LogP contribution in [0.4, 0.5) is 14.5 Å². The summed E-state index contributed by atoms with van der Waals surface area (Å²) in [5.74, 6) is -0.221. The molecule has 1 heterocycles. The second-order valence-electron chi connectivity index (χ2n) is 5.99. The van der Waals surface area contributed by atoms with Crippen molar-refractivity contribution >= 4 is 11.6 Å². The highest BCUT2D eigenvalue weighted by atomic mass is 19.1. The third-order valence-corrected chi connectivity index (χ3v) is 4.45. The molecule has 1 atom stereocenters. The highest BCUT2D eigenvalue weighted by Crippen LogP contribution is 2.26. The predicted molar refractivity (Wildman–Crippen MR) is 84.2 cm³/mol. The van der Waals surface area contributed by atoms with E-state index in [4.69, 9.17) is 0 Å². The summed E-state index contributed by atoms with van der Waals surface area (Å²) in [6, 6.07) is 4.65. The molecule has 0 amide bonds. The molecule has 1 aromatic carbocycles. The van der Waals surface area contributed by atoms with Crippen molar-refractivity contribution in [1.82, 2.24) is 10.6 Å². The average molecular weight is 308 g/mol. The minimum Gasteiger partial charge on any atom is -0.365 e. The Bertz CT molecular complexity index is 537. The van der Waals surface area contributed by atoms with Crippen molar-refractivity contribution in [1.29, 1.82) is 0 Å². The number of anilines is 1. The molecule has 1 aliphatic carbocycles. The molecule has 6 heteroatoms. The van der Waals surface area contributed by atoms with Gasteiger partial charge >= 0.3 is 0 Å². The molecule has 22 heavy (non-hydrogen) atoms. The number of rotatable bonds is 3. The Morgan fingerprint density at radius 1 is 1.14 bits per heavy atom. The Morgan fingerprint density at radius 2 is 1.82 bits per heavy atom. The van der Waals surface area contributed by atoms with E-state index in [1.165, 1.54) is 37.5 Å². The maximum atomic E-state index is 13.8. The van der Waals surface area contributed by atoms with Gasteiger partial charge in [0.25, 0.3) is 0 Å². The molecule has 0 bridgehead atoms. The van der Waals surface area contributed by atoms with Gasteiger partial charge in [0.15, 0.2) is 5.96 Å². The molecular weight excluding hydrogens is 286 g/mol. The molecule has 4 nitrogen and oxygen atoms in total. The topological polar surface area (TPSA) is 39.7 Å². The lowest BCUT2D eigenvalue weighted by Crippen LogP contribution is -2.50. The van der Waals surface area contributed by atoms with Crippen LogP contribution in [-0.2, 0) is 0 Å². The van der Waals surface area contributed by atoms with Gasteiger partial charge in [-0.2, -0.15) is 0 Å². The fraction of sp³-hybridized carbons (Fsp3) is 0.562. The molecular formula is C16H22F2N4. The third kappa shape index (κ3) is 3.15. The highest BCUT2D eigenvalue weighted by Gasteiger charge is 2.28. The molecule has 1 saturated carbocycles. The average Bonchev–Trinajstić information content (AvgIpc) is 2.89. The van der Waals surface area contributed by atoms with Crippen LogP contribution >= 0.6 is 0 Å². The van der Waals surface area contributed by atoms with E-state index in [1.54, 1.807) is 11.9 Å². The molecule has 0 aromatic heterocycles. The summed E-state index contributed by atoms with van der Waals surface area (Å²) in [4.78, 5) is 6.00. The van der Waals surface area contributed by atoms with Gasteiger partial charge in [0.05, 0.1) is 0 Å². The molecule has 1 unspecified atom stereocenters. The normalized spacial score (nSPS) is 22.6.